The lowest BCUT2D eigenvalue weighted by molar-refractivity contribution is -0.384. The second-order valence-corrected chi connectivity index (χ2v) is 4.07. The Kier molecular flexibility index (Phi) is 6.52. The summed E-state index contributed by atoms with van der Waals surface area (Å²) in [7, 11) is 0. The van der Waals surface area contributed by atoms with Gasteiger partial charge >= 0.3 is 5.97 Å². The molecule has 0 heterocycles. The minimum absolute atomic E-state index is 0.0808. The van der Waals surface area contributed by atoms with Crippen LogP contribution in [-0.4, -0.2) is 24.0 Å². The van der Waals surface area contributed by atoms with Crippen LogP contribution in [0.4, 0.5) is 5.69 Å². The van der Waals surface area contributed by atoms with Crippen molar-refractivity contribution in [3.05, 3.63) is 39.9 Å². The summed E-state index contributed by atoms with van der Waals surface area (Å²) in [6.07, 6.45) is 1.23. The van der Waals surface area contributed by atoms with E-state index in [0.29, 0.717) is 26.1 Å². The first kappa shape index (κ1) is 15.1. The normalized spacial score (nSPS) is 10.2. The van der Waals surface area contributed by atoms with Crippen LogP contribution < -0.4 is 5.32 Å². The molecule has 0 amide bonds. The van der Waals surface area contributed by atoms with Crippen molar-refractivity contribution < 1.29 is 14.5 Å². The average Bonchev–Trinajstić information content (AvgIpc) is 2.39. The van der Waals surface area contributed by atoms with E-state index in [1.165, 1.54) is 12.1 Å². The highest BCUT2D eigenvalue weighted by atomic mass is 16.6. The Balaban J connectivity index is 2.19. The van der Waals surface area contributed by atoms with Crippen LogP contribution in [0.1, 0.15) is 25.3 Å². The molecule has 0 saturated carbocycles. The van der Waals surface area contributed by atoms with Gasteiger partial charge in [-0.15, -0.1) is 0 Å². The van der Waals surface area contributed by atoms with E-state index in [0.717, 1.165) is 12.0 Å². The number of rotatable bonds is 8. The van der Waals surface area contributed by atoms with Crippen molar-refractivity contribution in [1.29, 1.82) is 0 Å². The first-order valence-corrected chi connectivity index (χ1v) is 6.23. The molecule has 1 aromatic rings. The van der Waals surface area contributed by atoms with Gasteiger partial charge in [0.05, 0.1) is 4.92 Å². The Morgan fingerprint density at radius 3 is 2.63 bits per heavy atom. The summed E-state index contributed by atoms with van der Waals surface area (Å²) in [5.74, 6) is -0.181. The molecule has 0 saturated heterocycles. The zero-order valence-corrected chi connectivity index (χ0v) is 10.9. The summed E-state index contributed by atoms with van der Waals surface area (Å²) in [6, 6.07) is 6.35. The van der Waals surface area contributed by atoms with Gasteiger partial charge in [0.15, 0.2) is 0 Å². The number of nitrogens with one attached hydrogen (secondary N) is 1. The van der Waals surface area contributed by atoms with Gasteiger partial charge < -0.3 is 10.1 Å². The van der Waals surface area contributed by atoms with Crippen LogP contribution in [0.5, 0.6) is 0 Å². The van der Waals surface area contributed by atoms with E-state index >= 15 is 0 Å². The SMILES string of the molecule is CCCC(=O)OCCNCc1ccc([N+](=O)[O-])cc1. The van der Waals surface area contributed by atoms with Gasteiger partial charge in [-0.2, -0.15) is 0 Å². The van der Waals surface area contributed by atoms with Gasteiger partial charge in [0.1, 0.15) is 6.61 Å². The monoisotopic (exact) mass is 266 g/mol. The summed E-state index contributed by atoms with van der Waals surface area (Å²) < 4.78 is 4.98. The smallest absolute Gasteiger partial charge is 0.305 e. The standard InChI is InChI=1S/C13H18N2O4/c1-2-3-13(16)19-9-8-14-10-11-4-6-12(7-5-11)15(17)18/h4-7,14H,2-3,8-10H2,1H3. The molecule has 1 rings (SSSR count). The number of nitro benzene ring substituents is 1. The van der Waals surface area contributed by atoms with Crippen LogP contribution in [0.15, 0.2) is 24.3 Å². The minimum atomic E-state index is -0.426. The predicted molar refractivity (Wildman–Crippen MR) is 70.7 cm³/mol. The van der Waals surface area contributed by atoms with E-state index in [-0.39, 0.29) is 11.7 Å². The Morgan fingerprint density at radius 1 is 1.37 bits per heavy atom. The van der Waals surface area contributed by atoms with Crippen molar-refractivity contribution >= 4 is 11.7 Å². The molecule has 0 fully saturated rings. The number of hydrogen-bond acceptors (Lipinski definition) is 5. The molecule has 19 heavy (non-hydrogen) atoms. The molecule has 0 aliphatic heterocycles. The molecule has 6 heteroatoms. The van der Waals surface area contributed by atoms with E-state index in [2.05, 4.69) is 5.32 Å². The maximum absolute atomic E-state index is 11.1. The molecule has 0 aliphatic carbocycles. The molecule has 0 aromatic heterocycles. The third-order valence-corrected chi connectivity index (χ3v) is 2.47. The van der Waals surface area contributed by atoms with Crippen molar-refractivity contribution in [2.24, 2.45) is 0 Å². The van der Waals surface area contributed by atoms with Crippen LogP contribution in [0.2, 0.25) is 0 Å². The minimum Gasteiger partial charge on any atom is -0.464 e. The molecular formula is C13H18N2O4. The number of non-ortho nitro benzene ring substituents is 1. The van der Waals surface area contributed by atoms with Gasteiger partial charge in [-0.25, -0.2) is 0 Å². The van der Waals surface area contributed by atoms with Crippen LogP contribution in [-0.2, 0) is 16.1 Å². The van der Waals surface area contributed by atoms with Gasteiger partial charge in [-0.3, -0.25) is 14.9 Å². The number of ether oxygens (including phenoxy) is 1. The fourth-order valence-corrected chi connectivity index (χ4v) is 1.48. The Bertz CT molecular complexity index is 417. The number of esters is 1. The van der Waals surface area contributed by atoms with Crippen molar-refractivity contribution in [3.8, 4) is 0 Å². The average molecular weight is 266 g/mol. The topological polar surface area (TPSA) is 81.5 Å². The lowest BCUT2D eigenvalue weighted by Gasteiger charge is -2.06. The first-order valence-electron chi connectivity index (χ1n) is 6.23. The molecule has 0 radical (unpaired) electrons. The molecule has 1 aromatic carbocycles. The Labute approximate surface area is 111 Å². The Morgan fingerprint density at radius 2 is 2.05 bits per heavy atom. The zero-order chi connectivity index (χ0) is 14.1. The van der Waals surface area contributed by atoms with Crippen LogP contribution >= 0.6 is 0 Å². The second kappa shape index (κ2) is 8.20. The summed E-state index contributed by atoms with van der Waals surface area (Å²) in [5.41, 5.74) is 1.03. The number of hydrogen-bond donors (Lipinski definition) is 1. The van der Waals surface area contributed by atoms with E-state index in [9.17, 15) is 14.9 Å². The predicted octanol–water partition coefficient (Wildman–Crippen LogP) is 2.03. The molecule has 0 bridgehead atoms. The zero-order valence-electron chi connectivity index (χ0n) is 10.9. The van der Waals surface area contributed by atoms with E-state index in [4.69, 9.17) is 4.74 Å². The third-order valence-electron chi connectivity index (χ3n) is 2.47. The number of nitro groups is 1. The fourth-order valence-electron chi connectivity index (χ4n) is 1.48. The summed E-state index contributed by atoms with van der Waals surface area (Å²) >= 11 is 0. The van der Waals surface area contributed by atoms with Crippen LogP contribution in [0.3, 0.4) is 0 Å². The number of carbonyl (C=O) groups is 1. The van der Waals surface area contributed by atoms with Crippen LogP contribution in [0.25, 0.3) is 0 Å². The maximum atomic E-state index is 11.1. The van der Waals surface area contributed by atoms with E-state index in [1.54, 1.807) is 12.1 Å². The molecule has 104 valence electrons. The van der Waals surface area contributed by atoms with Gasteiger partial charge in [0, 0.05) is 31.6 Å². The number of benzene rings is 1. The summed E-state index contributed by atoms with van der Waals surface area (Å²) in [5, 5.41) is 13.6. The van der Waals surface area contributed by atoms with Gasteiger partial charge in [-0.05, 0) is 12.0 Å². The highest BCUT2D eigenvalue weighted by Crippen LogP contribution is 2.11. The van der Waals surface area contributed by atoms with Crippen molar-refractivity contribution in [1.82, 2.24) is 5.32 Å². The molecule has 0 spiro atoms. The van der Waals surface area contributed by atoms with Gasteiger partial charge in [0.2, 0.25) is 0 Å². The summed E-state index contributed by atoms with van der Waals surface area (Å²) in [6.45, 7) is 3.41. The number of nitrogens with zero attached hydrogens (tertiary/aromatic N) is 1. The Hall–Kier alpha value is -1.95. The molecule has 6 nitrogen and oxygen atoms in total. The maximum Gasteiger partial charge on any atom is 0.305 e. The fraction of sp³-hybridized carbons (Fsp3) is 0.462. The van der Waals surface area contributed by atoms with Gasteiger partial charge in [0.25, 0.3) is 5.69 Å². The molecular weight excluding hydrogens is 248 g/mol. The lowest BCUT2D eigenvalue weighted by atomic mass is 10.2. The number of carbonyl (C=O) groups excluding carboxylic acids is 1. The second-order valence-electron chi connectivity index (χ2n) is 4.07. The first-order chi connectivity index (χ1) is 9.13. The molecule has 1 N–H and O–H groups in total. The highest BCUT2D eigenvalue weighted by molar-refractivity contribution is 5.69. The lowest BCUT2D eigenvalue weighted by Crippen LogP contribution is -2.20. The molecule has 0 aliphatic rings. The summed E-state index contributed by atoms with van der Waals surface area (Å²) in [4.78, 5) is 21.1. The molecule has 0 atom stereocenters. The van der Waals surface area contributed by atoms with Crippen molar-refractivity contribution in [3.63, 3.8) is 0 Å². The van der Waals surface area contributed by atoms with Crippen LogP contribution in [0, 0.1) is 10.1 Å². The van der Waals surface area contributed by atoms with Crippen molar-refractivity contribution in [2.75, 3.05) is 13.2 Å². The van der Waals surface area contributed by atoms with Crippen molar-refractivity contribution in [2.45, 2.75) is 26.3 Å². The van der Waals surface area contributed by atoms with Gasteiger partial charge in [-0.1, -0.05) is 19.1 Å². The highest BCUT2D eigenvalue weighted by Gasteiger charge is 2.03. The largest absolute Gasteiger partial charge is 0.464 e. The van der Waals surface area contributed by atoms with E-state index < -0.39 is 4.92 Å². The third kappa shape index (κ3) is 5.96. The van der Waals surface area contributed by atoms with E-state index in [1.807, 2.05) is 6.92 Å². The molecule has 0 unspecified atom stereocenters. The quantitative estimate of drug-likeness (QED) is 0.337.